The molecule has 0 amide bonds. The van der Waals surface area contributed by atoms with Crippen LogP contribution < -0.4 is 4.74 Å². The SMILES string of the molecule is CCCCCCC(CC)c1cccnc1OC. The summed E-state index contributed by atoms with van der Waals surface area (Å²) >= 11 is 0. The van der Waals surface area contributed by atoms with Crippen LogP contribution in [0.1, 0.15) is 63.9 Å². The molecule has 0 aromatic carbocycles. The van der Waals surface area contributed by atoms with Crippen molar-refractivity contribution >= 4 is 0 Å². The fraction of sp³-hybridized carbons (Fsp3) is 0.667. The van der Waals surface area contributed by atoms with E-state index < -0.39 is 0 Å². The average Bonchev–Trinajstić information content (AvgIpc) is 2.39. The standard InChI is InChI=1S/C15H25NO/c1-4-6-7-8-10-13(5-2)14-11-9-12-16-15(14)17-3/h9,11-13H,4-8,10H2,1-3H3. The second-order valence-corrected chi connectivity index (χ2v) is 4.56. The third kappa shape index (κ3) is 4.37. The minimum absolute atomic E-state index is 0.593. The molecule has 1 aromatic heterocycles. The van der Waals surface area contributed by atoms with Crippen molar-refractivity contribution in [1.82, 2.24) is 4.98 Å². The van der Waals surface area contributed by atoms with Gasteiger partial charge in [-0.2, -0.15) is 0 Å². The van der Waals surface area contributed by atoms with Crippen molar-refractivity contribution < 1.29 is 4.74 Å². The molecule has 2 nitrogen and oxygen atoms in total. The van der Waals surface area contributed by atoms with Gasteiger partial charge >= 0.3 is 0 Å². The monoisotopic (exact) mass is 235 g/mol. The van der Waals surface area contributed by atoms with Gasteiger partial charge in [0.25, 0.3) is 0 Å². The summed E-state index contributed by atoms with van der Waals surface area (Å²) in [7, 11) is 1.70. The number of pyridine rings is 1. The number of aromatic nitrogens is 1. The average molecular weight is 235 g/mol. The summed E-state index contributed by atoms with van der Waals surface area (Å²) in [5.41, 5.74) is 1.27. The molecule has 0 saturated carbocycles. The van der Waals surface area contributed by atoms with E-state index in [9.17, 15) is 0 Å². The first kappa shape index (κ1) is 14.0. The quantitative estimate of drug-likeness (QED) is 0.616. The van der Waals surface area contributed by atoms with Gasteiger partial charge in [-0.15, -0.1) is 0 Å². The lowest BCUT2D eigenvalue weighted by atomic mass is 9.91. The topological polar surface area (TPSA) is 22.1 Å². The fourth-order valence-electron chi connectivity index (χ4n) is 2.28. The number of rotatable bonds is 8. The fourth-order valence-corrected chi connectivity index (χ4v) is 2.28. The Balaban J connectivity index is 2.59. The van der Waals surface area contributed by atoms with Crippen LogP contribution in [-0.2, 0) is 0 Å². The summed E-state index contributed by atoms with van der Waals surface area (Å²) in [6.07, 6.45) is 9.51. The molecule has 0 radical (unpaired) electrons. The summed E-state index contributed by atoms with van der Waals surface area (Å²) in [5, 5.41) is 0. The third-order valence-corrected chi connectivity index (χ3v) is 3.33. The largest absolute Gasteiger partial charge is 0.481 e. The molecule has 1 rings (SSSR count). The van der Waals surface area contributed by atoms with Gasteiger partial charge in [-0.1, -0.05) is 45.6 Å². The van der Waals surface area contributed by atoms with Crippen molar-refractivity contribution in [1.29, 1.82) is 0 Å². The maximum absolute atomic E-state index is 5.34. The molecular weight excluding hydrogens is 210 g/mol. The molecule has 0 bridgehead atoms. The Labute approximate surface area is 105 Å². The first-order chi connectivity index (χ1) is 8.33. The van der Waals surface area contributed by atoms with Gasteiger partial charge in [0, 0.05) is 11.8 Å². The Morgan fingerprint density at radius 2 is 2.06 bits per heavy atom. The first-order valence-corrected chi connectivity index (χ1v) is 6.82. The van der Waals surface area contributed by atoms with Crippen LogP contribution >= 0.6 is 0 Å². The van der Waals surface area contributed by atoms with E-state index in [0.717, 1.165) is 12.3 Å². The van der Waals surface area contributed by atoms with Gasteiger partial charge in [0.05, 0.1) is 7.11 Å². The molecule has 1 atom stereocenters. The van der Waals surface area contributed by atoms with Crippen LogP contribution in [0.5, 0.6) is 5.88 Å². The number of hydrogen-bond acceptors (Lipinski definition) is 2. The Kier molecular flexibility index (Phi) is 6.68. The minimum atomic E-state index is 0.593. The lowest BCUT2D eigenvalue weighted by Gasteiger charge is -2.17. The molecule has 0 aliphatic heterocycles. The summed E-state index contributed by atoms with van der Waals surface area (Å²) in [6.45, 7) is 4.50. The molecule has 0 N–H and O–H groups in total. The zero-order valence-electron chi connectivity index (χ0n) is 11.4. The number of hydrogen-bond donors (Lipinski definition) is 0. The van der Waals surface area contributed by atoms with E-state index in [-0.39, 0.29) is 0 Å². The van der Waals surface area contributed by atoms with Crippen molar-refractivity contribution in [3.8, 4) is 5.88 Å². The summed E-state index contributed by atoms with van der Waals surface area (Å²) in [5.74, 6) is 1.39. The number of unbranched alkanes of at least 4 members (excludes halogenated alkanes) is 3. The Morgan fingerprint density at radius 1 is 1.24 bits per heavy atom. The van der Waals surface area contributed by atoms with Gasteiger partial charge < -0.3 is 4.74 Å². The number of ether oxygens (including phenoxy) is 1. The maximum Gasteiger partial charge on any atom is 0.216 e. The Morgan fingerprint density at radius 3 is 2.71 bits per heavy atom. The minimum Gasteiger partial charge on any atom is -0.481 e. The van der Waals surface area contributed by atoms with Crippen molar-refractivity contribution in [3.05, 3.63) is 23.9 Å². The van der Waals surface area contributed by atoms with Crippen LogP contribution in [0.2, 0.25) is 0 Å². The molecule has 0 spiro atoms. The highest BCUT2D eigenvalue weighted by atomic mass is 16.5. The first-order valence-electron chi connectivity index (χ1n) is 6.82. The van der Waals surface area contributed by atoms with Gasteiger partial charge in [0.1, 0.15) is 0 Å². The highest BCUT2D eigenvalue weighted by Crippen LogP contribution is 2.31. The zero-order chi connectivity index (χ0) is 12.5. The lowest BCUT2D eigenvalue weighted by Crippen LogP contribution is -2.02. The lowest BCUT2D eigenvalue weighted by molar-refractivity contribution is 0.384. The molecule has 1 heterocycles. The Bertz CT molecular complexity index is 312. The van der Waals surface area contributed by atoms with Crippen LogP contribution in [0.3, 0.4) is 0 Å². The van der Waals surface area contributed by atoms with E-state index in [1.807, 2.05) is 6.07 Å². The molecule has 1 unspecified atom stereocenters. The molecule has 0 saturated heterocycles. The van der Waals surface area contributed by atoms with E-state index in [0.29, 0.717) is 5.92 Å². The van der Waals surface area contributed by atoms with E-state index in [1.165, 1.54) is 37.7 Å². The van der Waals surface area contributed by atoms with E-state index >= 15 is 0 Å². The smallest absolute Gasteiger partial charge is 0.216 e. The van der Waals surface area contributed by atoms with Crippen LogP contribution in [0.25, 0.3) is 0 Å². The van der Waals surface area contributed by atoms with Gasteiger partial charge in [0.2, 0.25) is 5.88 Å². The van der Waals surface area contributed by atoms with E-state index in [2.05, 4.69) is 24.9 Å². The van der Waals surface area contributed by atoms with Gasteiger partial charge in [-0.05, 0) is 24.8 Å². The van der Waals surface area contributed by atoms with E-state index in [4.69, 9.17) is 4.74 Å². The van der Waals surface area contributed by atoms with Crippen molar-refractivity contribution in [2.75, 3.05) is 7.11 Å². The second kappa shape index (κ2) is 8.10. The van der Waals surface area contributed by atoms with Crippen LogP contribution in [-0.4, -0.2) is 12.1 Å². The van der Waals surface area contributed by atoms with Crippen LogP contribution in [0, 0.1) is 0 Å². The molecule has 96 valence electrons. The van der Waals surface area contributed by atoms with Crippen molar-refractivity contribution in [2.45, 2.75) is 58.3 Å². The zero-order valence-corrected chi connectivity index (χ0v) is 11.4. The van der Waals surface area contributed by atoms with Crippen LogP contribution in [0.4, 0.5) is 0 Å². The van der Waals surface area contributed by atoms with Crippen molar-refractivity contribution in [3.63, 3.8) is 0 Å². The summed E-state index contributed by atoms with van der Waals surface area (Å²) in [4.78, 5) is 4.29. The maximum atomic E-state index is 5.34. The number of methoxy groups -OCH3 is 1. The molecule has 1 aromatic rings. The van der Waals surface area contributed by atoms with Gasteiger partial charge in [-0.25, -0.2) is 4.98 Å². The normalized spacial score (nSPS) is 12.4. The highest BCUT2D eigenvalue weighted by molar-refractivity contribution is 5.29. The van der Waals surface area contributed by atoms with E-state index in [1.54, 1.807) is 13.3 Å². The second-order valence-electron chi connectivity index (χ2n) is 4.56. The molecule has 2 heteroatoms. The molecular formula is C15H25NO. The van der Waals surface area contributed by atoms with Gasteiger partial charge in [-0.3, -0.25) is 0 Å². The summed E-state index contributed by atoms with van der Waals surface area (Å²) in [6, 6.07) is 4.16. The molecule has 0 aliphatic rings. The predicted octanol–water partition coefficient (Wildman–Crippen LogP) is 4.55. The predicted molar refractivity (Wildman–Crippen MR) is 72.6 cm³/mol. The third-order valence-electron chi connectivity index (χ3n) is 3.33. The van der Waals surface area contributed by atoms with Crippen LogP contribution in [0.15, 0.2) is 18.3 Å². The highest BCUT2D eigenvalue weighted by Gasteiger charge is 2.14. The Hall–Kier alpha value is -1.05. The van der Waals surface area contributed by atoms with Gasteiger partial charge in [0.15, 0.2) is 0 Å². The molecule has 17 heavy (non-hydrogen) atoms. The number of nitrogens with zero attached hydrogens (tertiary/aromatic N) is 1. The van der Waals surface area contributed by atoms with Crippen molar-refractivity contribution in [2.24, 2.45) is 0 Å². The summed E-state index contributed by atoms with van der Waals surface area (Å²) < 4.78 is 5.34. The molecule has 0 fully saturated rings. The molecule has 0 aliphatic carbocycles.